The molecule has 0 unspecified atom stereocenters. The fourth-order valence-electron chi connectivity index (χ4n) is 4.08. The first kappa shape index (κ1) is 9.41. The molecule has 0 radical (unpaired) electrons. The van der Waals surface area contributed by atoms with Crippen LogP contribution < -0.4 is 0 Å². The van der Waals surface area contributed by atoms with Gasteiger partial charge in [0, 0.05) is 6.61 Å². The van der Waals surface area contributed by atoms with Crippen molar-refractivity contribution in [3.8, 4) is 0 Å². The predicted molar refractivity (Wildman–Crippen MR) is 61.0 cm³/mol. The van der Waals surface area contributed by atoms with Gasteiger partial charge in [0.1, 0.15) is 0 Å². The minimum Gasteiger partial charge on any atom is -0.396 e. The second-order valence-corrected chi connectivity index (χ2v) is 5.74. The molecule has 4 rings (SSSR count). The van der Waals surface area contributed by atoms with Gasteiger partial charge in [0.25, 0.3) is 0 Å². The van der Waals surface area contributed by atoms with Gasteiger partial charge in [-0.3, -0.25) is 0 Å². The number of aryl methyl sites for hydroxylation is 2. The molecule has 0 heterocycles. The summed E-state index contributed by atoms with van der Waals surface area (Å²) in [4.78, 5) is 0. The summed E-state index contributed by atoms with van der Waals surface area (Å²) >= 11 is 0. The van der Waals surface area contributed by atoms with E-state index < -0.39 is 0 Å². The van der Waals surface area contributed by atoms with E-state index in [1.54, 1.807) is 5.56 Å². The average molecular weight is 202 g/mol. The summed E-state index contributed by atoms with van der Waals surface area (Å²) in [6.07, 6.45) is 3.63. The van der Waals surface area contributed by atoms with Crippen LogP contribution in [0.1, 0.15) is 36.0 Å². The molecule has 0 saturated heterocycles. The average Bonchev–Trinajstić information content (AvgIpc) is 2.06. The standard InChI is InChI=1S/C14H18O/c1-10-4-3-5-11(2)12(10)14-6-13(7-14,8-14)9-15/h3-5,15H,6-9H2,1-2H3. The third-order valence-corrected chi connectivity index (χ3v) is 4.49. The highest BCUT2D eigenvalue weighted by molar-refractivity contribution is 5.47. The maximum Gasteiger partial charge on any atom is 0.0488 e. The fraction of sp³-hybridized carbons (Fsp3) is 0.571. The lowest BCUT2D eigenvalue weighted by atomic mass is 9.33. The zero-order valence-electron chi connectivity index (χ0n) is 9.51. The van der Waals surface area contributed by atoms with Crippen molar-refractivity contribution in [3.05, 3.63) is 34.9 Å². The zero-order chi connectivity index (χ0) is 10.7. The van der Waals surface area contributed by atoms with Gasteiger partial charge < -0.3 is 5.11 Å². The first-order valence-corrected chi connectivity index (χ1v) is 5.79. The molecule has 80 valence electrons. The Labute approximate surface area is 91.1 Å². The number of aliphatic hydroxyl groups excluding tert-OH is 1. The highest BCUT2D eigenvalue weighted by atomic mass is 16.3. The summed E-state index contributed by atoms with van der Waals surface area (Å²) in [6, 6.07) is 6.57. The molecule has 0 spiro atoms. The number of aliphatic hydroxyl groups is 1. The largest absolute Gasteiger partial charge is 0.396 e. The molecule has 1 N–H and O–H groups in total. The number of hydrogen-bond acceptors (Lipinski definition) is 1. The molecule has 3 saturated carbocycles. The van der Waals surface area contributed by atoms with Crippen molar-refractivity contribution >= 4 is 0 Å². The zero-order valence-corrected chi connectivity index (χ0v) is 9.51. The van der Waals surface area contributed by atoms with Crippen molar-refractivity contribution in [1.82, 2.24) is 0 Å². The molecular formula is C14H18O. The predicted octanol–water partition coefficient (Wildman–Crippen LogP) is 2.72. The Hall–Kier alpha value is -0.820. The van der Waals surface area contributed by atoms with Crippen LogP contribution in [0, 0.1) is 19.3 Å². The summed E-state index contributed by atoms with van der Waals surface area (Å²) < 4.78 is 0. The number of benzene rings is 1. The molecule has 3 aliphatic carbocycles. The van der Waals surface area contributed by atoms with Crippen LogP contribution in [0.5, 0.6) is 0 Å². The Morgan fingerprint density at radius 1 is 1.13 bits per heavy atom. The van der Waals surface area contributed by atoms with E-state index in [0.717, 1.165) is 0 Å². The fourth-order valence-corrected chi connectivity index (χ4v) is 4.08. The van der Waals surface area contributed by atoms with Gasteiger partial charge >= 0.3 is 0 Å². The van der Waals surface area contributed by atoms with Gasteiger partial charge in [0.15, 0.2) is 0 Å². The van der Waals surface area contributed by atoms with Gasteiger partial charge in [-0.2, -0.15) is 0 Å². The van der Waals surface area contributed by atoms with E-state index in [1.165, 1.54) is 30.4 Å². The number of rotatable bonds is 2. The highest BCUT2D eigenvalue weighted by Gasteiger charge is 2.68. The summed E-state index contributed by atoms with van der Waals surface area (Å²) in [5.41, 5.74) is 5.19. The lowest BCUT2D eigenvalue weighted by Crippen LogP contribution is -2.66. The highest BCUT2D eigenvalue weighted by Crippen LogP contribution is 2.73. The lowest BCUT2D eigenvalue weighted by Gasteiger charge is -2.71. The van der Waals surface area contributed by atoms with E-state index in [0.29, 0.717) is 17.4 Å². The Morgan fingerprint density at radius 3 is 2.13 bits per heavy atom. The second kappa shape index (κ2) is 2.65. The first-order valence-electron chi connectivity index (χ1n) is 5.79. The van der Waals surface area contributed by atoms with Gasteiger partial charge in [-0.15, -0.1) is 0 Å². The van der Waals surface area contributed by atoms with Crippen LogP contribution in [0.2, 0.25) is 0 Å². The molecule has 0 aromatic heterocycles. The van der Waals surface area contributed by atoms with Crippen LogP contribution in [-0.4, -0.2) is 11.7 Å². The third kappa shape index (κ3) is 1.02. The van der Waals surface area contributed by atoms with Crippen molar-refractivity contribution in [1.29, 1.82) is 0 Å². The molecule has 15 heavy (non-hydrogen) atoms. The van der Waals surface area contributed by atoms with E-state index in [1.807, 2.05) is 0 Å². The van der Waals surface area contributed by atoms with E-state index in [4.69, 9.17) is 0 Å². The minimum atomic E-state index is 0.314. The van der Waals surface area contributed by atoms with Gasteiger partial charge in [-0.25, -0.2) is 0 Å². The van der Waals surface area contributed by atoms with E-state index in [-0.39, 0.29) is 0 Å². The molecule has 2 bridgehead atoms. The molecule has 0 aliphatic heterocycles. The maximum atomic E-state index is 9.28. The van der Waals surface area contributed by atoms with Crippen LogP contribution in [0.3, 0.4) is 0 Å². The lowest BCUT2D eigenvalue weighted by molar-refractivity contribution is -0.168. The SMILES string of the molecule is Cc1cccc(C)c1C12CC(CO)(C1)C2. The third-order valence-electron chi connectivity index (χ3n) is 4.49. The smallest absolute Gasteiger partial charge is 0.0488 e. The van der Waals surface area contributed by atoms with Crippen molar-refractivity contribution in [2.45, 2.75) is 38.5 Å². The van der Waals surface area contributed by atoms with Crippen molar-refractivity contribution < 1.29 is 5.11 Å². The van der Waals surface area contributed by atoms with E-state index in [2.05, 4.69) is 32.0 Å². The molecule has 0 atom stereocenters. The van der Waals surface area contributed by atoms with Crippen LogP contribution in [-0.2, 0) is 5.41 Å². The summed E-state index contributed by atoms with van der Waals surface area (Å²) in [6.45, 7) is 4.82. The molecule has 1 heteroatoms. The monoisotopic (exact) mass is 202 g/mol. The van der Waals surface area contributed by atoms with Crippen LogP contribution in [0.25, 0.3) is 0 Å². The van der Waals surface area contributed by atoms with Gasteiger partial charge in [-0.1, -0.05) is 18.2 Å². The second-order valence-electron chi connectivity index (χ2n) is 5.74. The van der Waals surface area contributed by atoms with Gasteiger partial charge in [0.05, 0.1) is 0 Å². The van der Waals surface area contributed by atoms with Crippen LogP contribution in [0.15, 0.2) is 18.2 Å². The molecule has 0 amide bonds. The molecule has 1 aromatic rings. The summed E-state index contributed by atoms with van der Waals surface area (Å²) in [7, 11) is 0. The Kier molecular flexibility index (Phi) is 1.66. The first-order chi connectivity index (χ1) is 7.11. The van der Waals surface area contributed by atoms with Crippen molar-refractivity contribution in [2.24, 2.45) is 5.41 Å². The Balaban J connectivity index is 1.97. The van der Waals surface area contributed by atoms with E-state index in [9.17, 15) is 5.11 Å². The molecule has 3 fully saturated rings. The van der Waals surface area contributed by atoms with E-state index >= 15 is 0 Å². The number of hydrogen-bond donors (Lipinski definition) is 1. The molecule has 3 aliphatic rings. The summed E-state index contributed by atoms with van der Waals surface area (Å²) in [5, 5.41) is 9.28. The Bertz CT molecular complexity index is 379. The molecular weight excluding hydrogens is 184 g/mol. The maximum absolute atomic E-state index is 9.28. The van der Waals surface area contributed by atoms with Crippen molar-refractivity contribution in [2.75, 3.05) is 6.61 Å². The molecule has 1 aromatic carbocycles. The van der Waals surface area contributed by atoms with Gasteiger partial charge in [-0.05, 0) is 60.6 Å². The van der Waals surface area contributed by atoms with Crippen LogP contribution >= 0.6 is 0 Å². The molecule has 1 nitrogen and oxygen atoms in total. The topological polar surface area (TPSA) is 20.2 Å². The normalized spacial score (nSPS) is 37.0. The van der Waals surface area contributed by atoms with Gasteiger partial charge in [0.2, 0.25) is 0 Å². The quantitative estimate of drug-likeness (QED) is 0.781. The van der Waals surface area contributed by atoms with Crippen LogP contribution in [0.4, 0.5) is 0 Å². The Morgan fingerprint density at radius 2 is 1.67 bits per heavy atom. The summed E-state index contributed by atoms with van der Waals surface area (Å²) in [5.74, 6) is 0. The van der Waals surface area contributed by atoms with Crippen molar-refractivity contribution in [3.63, 3.8) is 0 Å². The minimum absolute atomic E-state index is 0.314.